The second kappa shape index (κ2) is 5.75. The molecule has 0 aliphatic rings. The van der Waals surface area contributed by atoms with Crippen LogP contribution in [0.2, 0.25) is 0 Å². The molecule has 1 unspecified atom stereocenters. The van der Waals surface area contributed by atoms with Crippen molar-refractivity contribution in [3.8, 4) is 0 Å². The summed E-state index contributed by atoms with van der Waals surface area (Å²) in [6.07, 6.45) is 7.51. The van der Waals surface area contributed by atoms with E-state index in [1.165, 1.54) is 5.56 Å². The van der Waals surface area contributed by atoms with Crippen molar-refractivity contribution in [3.05, 3.63) is 48.0 Å². The smallest absolute Gasteiger partial charge is 0.0538 e. The van der Waals surface area contributed by atoms with E-state index in [1.807, 2.05) is 44.0 Å². The molecule has 0 radical (unpaired) electrons. The summed E-state index contributed by atoms with van der Waals surface area (Å²) in [5.74, 6) is 0. The van der Waals surface area contributed by atoms with Crippen molar-refractivity contribution < 1.29 is 0 Å². The molecule has 1 atom stereocenters. The molecule has 0 saturated heterocycles. The van der Waals surface area contributed by atoms with Gasteiger partial charge in [-0.3, -0.25) is 14.6 Å². The Morgan fingerprint density at radius 1 is 1.39 bits per heavy atom. The van der Waals surface area contributed by atoms with Gasteiger partial charge in [0.25, 0.3) is 0 Å². The van der Waals surface area contributed by atoms with E-state index in [2.05, 4.69) is 22.0 Å². The Morgan fingerprint density at radius 3 is 2.67 bits per heavy atom. The van der Waals surface area contributed by atoms with Crippen LogP contribution in [-0.2, 0) is 13.6 Å². The van der Waals surface area contributed by atoms with Gasteiger partial charge in [-0.1, -0.05) is 0 Å². The molecule has 2 aromatic heterocycles. The van der Waals surface area contributed by atoms with E-state index in [1.54, 1.807) is 4.68 Å². The molecule has 18 heavy (non-hydrogen) atoms. The van der Waals surface area contributed by atoms with Gasteiger partial charge >= 0.3 is 0 Å². The van der Waals surface area contributed by atoms with E-state index in [0.717, 1.165) is 12.1 Å². The number of nitrogens with two attached hydrogens (primary N) is 1. The van der Waals surface area contributed by atoms with Crippen LogP contribution < -0.4 is 5.73 Å². The lowest BCUT2D eigenvalue weighted by Gasteiger charge is -2.26. The van der Waals surface area contributed by atoms with Crippen LogP contribution in [-0.4, -0.2) is 33.3 Å². The second-order valence-electron chi connectivity index (χ2n) is 4.47. The molecule has 0 spiro atoms. The van der Waals surface area contributed by atoms with E-state index < -0.39 is 0 Å². The molecule has 0 saturated carbocycles. The first-order chi connectivity index (χ1) is 8.70. The van der Waals surface area contributed by atoms with Crippen molar-refractivity contribution >= 4 is 0 Å². The second-order valence-corrected chi connectivity index (χ2v) is 4.47. The van der Waals surface area contributed by atoms with Gasteiger partial charge in [-0.05, 0) is 24.7 Å². The highest BCUT2D eigenvalue weighted by molar-refractivity contribution is 5.14. The summed E-state index contributed by atoms with van der Waals surface area (Å²) in [5, 5.41) is 4.20. The van der Waals surface area contributed by atoms with Crippen molar-refractivity contribution in [1.82, 2.24) is 19.7 Å². The quantitative estimate of drug-likeness (QED) is 0.852. The summed E-state index contributed by atoms with van der Waals surface area (Å²) in [4.78, 5) is 6.25. The fourth-order valence-corrected chi connectivity index (χ4v) is 2.07. The summed E-state index contributed by atoms with van der Waals surface area (Å²) in [5.41, 5.74) is 8.26. The number of likely N-dealkylation sites (N-methyl/N-ethyl adjacent to an activating group) is 1. The molecule has 5 heteroatoms. The van der Waals surface area contributed by atoms with Crippen LogP contribution in [0.5, 0.6) is 0 Å². The molecule has 5 nitrogen and oxygen atoms in total. The molecule has 2 aromatic rings. The minimum Gasteiger partial charge on any atom is -0.329 e. The average molecular weight is 245 g/mol. The maximum Gasteiger partial charge on any atom is 0.0538 e. The number of aromatic nitrogens is 3. The molecule has 2 heterocycles. The maximum atomic E-state index is 5.88. The van der Waals surface area contributed by atoms with E-state index >= 15 is 0 Å². The SMILES string of the molecule is CN(Cc1ccncc1)C(CN)c1cnn(C)c1. The lowest BCUT2D eigenvalue weighted by Crippen LogP contribution is -2.29. The summed E-state index contributed by atoms with van der Waals surface area (Å²) in [7, 11) is 3.99. The van der Waals surface area contributed by atoms with Crippen molar-refractivity contribution in [2.75, 3.05) is 13.6 Å². The Labute approximate surface area is 107 Å². The molecule has 0 fully saturated rings. The zero-order valence-corrected chi connectivity index (χ0v) is 10.8. The zero-order chi connectivity index (χ0) is 13.0. The predicted molar refractivity (Wildman–Crippen MR) is 70.7 cm³/mol. The van der Waals surface area contributed by atoms with E-state index in [9.17, 15) is 0 Å². The largest absolute Gasteiger partial charge is 0.329 e. The molecular formula is C13H19N5. The standard InChI is InChI=1S/C13H19N5/c1-17(9-11-3-5-15-6-4-11)13(7-14)12-8-16-18(2)10-12/h3-6,8,10,13H,7,9,14H2,1-2H3. The Balaban J connectivity index is 2.08. The fourth-order valence-electron chi connectivity index (χ4n) is 2.07. The van der Waals surface area contributed by atoms with Gasteiger partial charge in [0.1, 0.15) is 0 Å². The van der Waals surface area contributed by atoms with Gasteiger partial charge in [0, 0.05) is 44.3 Å². The highest BCUT2D eigenvalue weighted by Crippen LogP contribution is 2.19. The number of aryl methyl sites for hydroxylation is 1. The Bertz CT molecular complexity index is 479. The Kier molecular flexibility index (Phi) is 4.07. The third-order valence-corrected chi connectivity index (χ3v) is 3.05. The minimum absolute atomic E-state index is 0.187. The summed E-state index contributed by atoms with van der Waals surface area (Å²) in [6.45, 7) is 1.42. The molecular weight excluding hydrogens is 226 g/mol. The van der Waals surface area contributed by atoms with Crippen LogP contribution in [0, 0.1) is 0 Å². The van der Waals surface area contributed by atoms with Gasteiger partial charge in [-0.25, -0.2) is 0 Å². The Hall–Kier alpha value is -1.72. The summed E-state index contributed by atoms with van der Waals surface area (Å²) in [6, 6.07) is 4.23. The van der Waals surface area contributed by atoms with Gasteiger partial charge in [-0.15, -0.1) is 0 Å². The van der Waals surface area contributed by atoms with Gasteiger partial charge in [0.15, 0.2) is 0 Å². The van der Waals surface area contributed by atoms with Crippen molar-refractivity contribution in [3.63, 3.8) is 0 Å². The van der Waals surface area contributed by atoms with E-state index in [0.29, 0.717) is 6.54 Å². The van der Waals surface area contributed by atoms with Crippen LogP contribution in [0.15, 0.2) is 36.9 Å². The number of hydrogen-bond acceptors (Lipinski definition) is 4. The first-order valence-electron chi connectivity index (χ1n) is 5.98. The lowest BCUT2D eigenvalue weighted by atomic mass is 10.1. The molecule has 0 bridgehead atoms. The zero-order valence-electron chi connectivity index (χ0n) is 10.8. The van der Waals surface area contributed by atoms with Crippen LogP contribution in [0.4, 0.5) is 0 Å². The van der Waals surface area contributed by atoms with Crippen molar-refractivity contribution in [1.29, 1.82) is 0 Å². The highest BCUT2D eigenvalue weighted by Gasteiger charge is 2.16. The molecule has 2 N–H and O–H groups in total. The average Bonchev–Trinajstić information content (AvgIpc) is 2.78. The van der Waals surface area contributed by atoms with E-state index in [-0.39, 0.29) is 6.04 Å². The number of hydrogen-bond donors (Lipinski definition) is 1. The third kappa shape index (κ3) is 2.94. The topological polar surface area (TPSA) is 60.0 Å². The Morgan fingerprint density at radius 2 is 2.11 bits per heavy atom. The molecule has 0 aliphatic heterocycles. The van der Waals surface area contributed by atoms with Gasteiger partial charge < -0.3 is 5.73 Å². The maximum absolute atomic E-state index is 5.88. The van der Waals surface area contributed by atoms with Gasteiger partial charge in [0.2, 0.25) is 0 Å². The molecule has 2 rings (SSSR count). The minimum atomic E-state index is 0.187. The number of pyridine rings is 1. The van der Waals surface area contributed by atoms with Gasteiger partial charge in [-0.2, -0.15) is 5.10 Å². The third-order valence-electron chi connectivity index (χ3n) is 3.05. The van der Waals surface area contributed by atoms with Crippen molar-refractivity contribution in [2.24, 2.45) is 12.8 Å². The monoisotopic (exact) mass is 245 g/mol. The van der Waals surface area contributed by atoms with E-state index in [4.69, 9.17) is 5.73 Å². The first-order valence-corrected chi connectivity index (χ1v) is 5.98. The molecule has 0 aromatic carbocycles. The van der Waals surface area contributed by atoms with Crippen LogP contribution in [0.1, 0.15) is 17.2 Å². The fraction of sp³-hybridized carbons (Fsp3) is 0.385. The van der Waals surface area contributed by atoms with Crippen LogP contribution in [0.25, 0.3) is 0 Å². The summed E-state index contributed by atoms with van der Waals surface area (Å²) < 4.78 is 1.80. The van der Waals surface area contributed by atoms with Crippen LogP contribution in [0.3, 0.4) is 0 Å². The van der Waals surface area contributed by atoms with Crippen LogP contribution >= 0.6 is 0 Å². The normalized spacial score (nSPS) is 12.9. The first kappa shape index (κ1) is 12.7. The number of rotatable bonds is 5. The molecule has 0 amide bonds. The van der Waals surface area contributed by atoms with Crippen molar-refractivity contribution in [2.45, 2.75) is 12.6 Å². The highest BCUT2D eigenvalue weighted by atomic mass is 15.2. The lowest BCUT2D eigenvalue weighted by molar-refractivity contribution is 0.241. The molecule has 0 aliphatic carbocycles. The van der Waals surface area contributed by atoms with Gasteiger partial charge in [0.05, 0.1) is 12.2 Å². The predicted octanol–water partition coefficient (Wildman–Crippen LogP) is 0.947. The summed E-state index contributed by atoms with van der Waals surface area (Å²) >= 11 is 0. The molecule has 96 valence electrons. The number of nitrogens with zero attached hydrogens (tertiary/aromatic N) is 4.